The van der Waals surface area contributed by atoms with E-state index in [2.05, 4.69) is 61.8 Å². The van der Waals surface area contributed by atoms with Crippen LogP contribution in [0.4, 0.5) is 5.82 Å². The molecule has 0 aromatic carbocycles. The molecule has 2 aromatic heterocycles. The van der Waals surface area contributed by atoms with Gasteiger partial charge >= 0.3 is 0 Å². The summed E-state index contributed by atoms with van der Waals surface area (Å²) >= 11 is 5.27. The third-order valence-corrected chi connectivity index (χ3v) is 4.26. The van der Waals surface area contributed by atoms with Crippen LogP contribution in [-0.4, -0.2) is 24.0 Å². The minimum absolute atomic E-state index is 0.916. The zero-order chi connectivity index (χ0) is 13.0. The van der Waals surface area contributed by atoms with Crippen molar-refractivity contribution in [1.82, 2.24) is 9.88 Å². The molecule has 0 spiro atoms. The van der Waals surface area contributed by atoms with Crippen molar-refractivity contribution in [3.05, 3.63) is 44.7 Å². The Morgan fingerprint density at radius 3 is 2.89 bits per heavy atom. The van der Waals surface area contributed by atoms with Gasteiger partial charge in [0.2, 0.25) is 0 Å². The molecule has 5 heteroatoms. The number of halogens is 1. The summed E-state index contributed by atoms with van der Waals surface area (Å²) in [5, 5.41) is 5.18. The lowest BCUT2D eigenvalue weighted by atomic mass is 10.2. The highest BCUT2D eigenvalue weighted by atomic mass is 79.9. The summed E-state index contributed by atoms with van der Waals surface area (Å²) in [6.45, 7) is 1.89. The molecule has 2 rings (SSSR count). The van der Waals surface area contributed by atoms with Crippen molar-refractivity contribution in [3.63, 3.8) is 0 Å². The van der Waals surface area contributed by atoms with Gasteiger partial charge in [-0.1, -0.05) is 0 Å². The predicted molar refractivity (Wildman–Crippen MR) is 81.0 cm³/mol. The molecular formula is C13H16BrN3S. The van der Waals surface area contributed by atoms with Gasteiger partial charge in [0, 0.05) is 41.1 Å². The number of hydrogen-bond donors (Lipinski definition) is 1. The fourth-order valence-electron chi connectivity index (χ4n) is 1.78. The molecule has 0 bridgehead atoms. The van der Waals surface area contributed by atoms with Crippen molar-refractivity contribution in [1.29, 1.82) is 0 Å². The van der Waals surface area contributed by atoms with Gasteiger partial charge in [-0.25, -0.2) is 4.98 Å². The van der Waals surface area contributed by atoms with Gasteiger partial charge < -0.3 is 5.32 Å². The maximum atomic E-state index is 4.22. The Morgan fingerprint density at radius 1 is 1.39 bits per heavy atom. The van der Waals surface area contributed by atoms with E-state index >= 15 is 0 Å². The molecule has 2 aromatic rings. The Balaban J connectivity index is 1.96. The standard InChI is InChI=1S/C13H16BrN3S/c1-15-13-5-10(3-4-16-13)7-17(2)8-12-6-11(14)9-18-12/h3-6,9H,7-8H2,1-2H3,(H,15,16). The number of rotatable bonds is 5. The van der Waals surface area contributed by atoms with Gasteiger partial charge in [0.1, 0.15) is 5.82 Å². The molecule has 2 heterocycles. The highest BCUT2D eigenvalue weighted by Crippen LogP contribution is 2.21. The lowest BCUT2D eigenvalue weighted by Gasteiger charge is -2.16. The first-order valence-corrected chi connectivity index (χ1v) is 7.39. The molecule has 96 valence electrons. The highest BCUT2D eigenvalue weighted by Gasteiger charge is 2.04. The van der Waals surface area contributed by atoms with Crippen LogP contribution >= 0.6 is 27.3 Å². The summed E-state index contributed by atoms with van der Waals surface area (Å²) in [5.41, 5.74) is 1.27. The largest absolute Gasteiger partial charge is 0.373 e. The molecule has 0 saturated heterocycles. The number of pyridine rings is 1. The second kappa shape index (κ2) is 6.31. The number of nitrogens with one attached hydrogen (secondary N) is 1. The third kappa shape index (κ3) is 3.80. The van der Waals surface area contributed by atoms with Crippen molar-refractivity contribution in [2.75, 3.05) is 19.4 Å². The van der Waals surface area contributed by atoms with Crippen LogP contribution in [0.2, 0.25) is 0 Å². The zero-order valence-corrected chi connectivity index (χ0v) is 12.9. The molecule has 0 aliphatic carbocycles. The van der Waals surface area contributed by atoms with Crippen molar-refractivity contribution >= 4 is 33.1 Å². The monoisotopic (exact) mass is 325 g/mol. The van der Waals surface area contributed by atoms with Crippen molar-refractivity contribution < 1.29 is 0 Å². The van der Waals surface area contributed by atoms with Crippen LogP contribution in [0.5, 0.6) is 0 Å². The second-order valence-corrected chi connectivity index (χ2v) is 6.11. The Morgan fingerprint density at radius 2 is 2.22 bits per heavy atom. The van der Waals surface area contributed by atoms with Gasteiger partial charge in [-0.05, 0) is 46.7 Å². The van der Waals surface area contributed by atoms with Gasteiger partial charge in [-0.15, -0.1) is 11.3 Å². The van der Waals surface area contributed by atoms with E-state index < -0.39 is 0 Å². The normalized spacial score (nSPS) is 10.9. The minimum Gasteiger partial charge on any atom is -0.373 e. The minimum atomic E-state index is 0.916. The van der Waals surface area contributed by atoms with Crippen LogP contribution in [0.3, 0.4) is 0 Å². The van der Waals surface area contributed by atoms with Gasteiger partial charge in [0.15, 0.2) is 0 Å². The first-order chi connectivity index (χ1) is 8.67. The summed E-state index contributed by atoms with van der Waals surface area (Å²) in [6, 6.07) is 6.31. The number of thiophene rings is 1. The molecule has 0 amide bonds. The average Bonchev–Trinajstić information content (AvgIpc) is 2.74. The molecule has 1 N–H and O–H groups in total. The highest BCUT2D eigenvalue weighted by molar-refractivity contribution is 9.10. The molecule has 0 atom stereocenters. The lowest BCUT2D eigenvalue weighted by Crippen LogP contribution is -2.16. The van der Waals surface area contributed by atoms with E-state index in [-0.39, 0.29) is 0 Å². The summed E-state index contributed by atoms with van der Waals surface area (Å²) < 4.78 is 1.16. The van der Waals surface area contributed by atoms with E-state index in [1.807, 2.05) is 13.2 Å². The predicted octanol–water partition coefficient (Wildman–Crippen LogP) is 3.58. The van der Waals surface area contributed by atoms with E-state index in [1.54, 1.807) is 11.3 Å². The Hall–Kier alpha value is -0.910. The van der Waals surface area contributed by atoms with E-state index in [9.17, 15) is 0 Å². The molecule has 0 unspecified atom stereocenters. The molecule has 0 aliphatic rings. The van der Waals surface area contributed by atoms with Crippen molar-refractivity contribution in [3.8, 4) is 0 Å². The van der Waals surface area contributed by atoms with Gasteiger partial charge in [-0.3, -0.25) is 4.90 Å². The third-order valence-electron chi connectivity index (χ3n) is 2.58. The van der Waals surface area contributed by atoms with E-state index in [0.717, 1.165) is 23.4 Å². The van der Waals surface area contributed by atoms with E-state index in [1.165, 1.54) is 10.4 Å². The molecule has 0 fully saturated rings. The van der Waals surface area contributed by atoms with Crippen molar-refractivity contribution in [2.24, 2.45) is 0 Å². The second-order valence-electron chi connectivity index (χ2n) is 4.20. The Labute approximate surface area is 120 Å². The first-order valence-electron chi connectivity index (χ1n) is 5.71. The molecular weight excluding hydrogens is 310 g/mol. The number of anilines is 1. The topological polar surface area (TPSA) is 28.2 Å². The van der Waals surface area contributed by atoms with Crippen LogP contribution in [0, 0.1) is 0 Å². The fraction of sp³-hybridized carbons (Fsp3) is 0.308. The molecule has 0 radical (unpaired) electrons. The van der Waals surface area contributed by atoms with Gasteiger partial charge in [0.05, 0.1) is 0 Å². The summed E-state index contributed by atoms with van der Waals surface area (Å²) in [6.07, 6.45) is 1.84. The van der Waals surface area contributed by atoms with Crippen LogP contribution in [0.25, 0.3) is 0 Å². The smallest absolute Gasteiger partial charge is 0.125 e. The molecule has 18 heavy (non-hydrogen) atoms. The van der Waals surface area contributed by atoms with Crippen molar-refractivity contribution in [2.45, 2.75) is 13.1 Å². The summed E-state index contributed by atoms with van der Waals surface area (Å²) in [4.78, 5) is 7.89. The lowest BCUT2D eigenvalue weighted by molar-refractivity contribution is 0.322. The first kappa shape index (κ1) is 13.5. The zero-order valence-electron chi connectivity index (χ0n) is 10.5. The Kier molecular flexibility index (Phi) is 4.74. The maximum Gasteiger partial charge on any atom is 0.125 e. The average molecular weight is 326 g/mol. The molecule has 0 aliphatic heterocycles. The van der Waals surface area contributed by atoms with Crippen LogP contribution in [0.15, 0.2) is 34.2 Å². The maximum absolute atomic E-state index is 4.22. The molecule has 0 saturated carbocycles. The Bertz CT molecular complexity index is 512. The number of nitrogens with zero attached hydrogens (tertiary/aromatic N) is 2. The summed E-state index contributed by atoms with van der Waals surface area (Å²) in [5.74, 6) is 0.916. The van der Waals surface area contributed by atoms with Crippen LogP contribution in [0.1, 0.15) is 10.4 Å². The number of aromatic nitrogens is 1. The number of hydrogen-bond acceptors (Lipinski definition) is 4. The fourth-order valence-corrected chi connectivity index (χ4v) is 3.31. The van der Waals surface area contributed by atoms with Crippen LogP contribution < -0.4 is 5.32 Å². The van der Waals surface area contributed by atoms with Crippen LogP contribution in [-0.2, 0) is 13.1 Å². The van der Waals surface area contributed by atoms with E-state index in [4.69, 9.17) is 0 Å². The van der Waals surface area contributed by atoms with E-state index in [0.29, 0.717) is 0 Å². The molecule has 3 nitrogen and oxygen atoms in total. The summed E-state index contributed by atoms with van der Waals surface area (Å²) in [7, 11) is 4.02. The van der Waals surface area contributed by atoms with Gasteiger partial charge in [0.25, 0.3) is 0 Å². The SMILES string of the molecule is CNc1cc(CN(C)Cc2cc(Br)cs2)ccn1. The quantitative estimate of drug-likeness (QED) is 0.910. The van der Waals surface area contributed by atoms with Gasteiger partial charge in [-0.2, -0.15) is 0 Å².